The lowest BCUT2D eigenvalue weighted by atomic mass is 10.2. The zero-order valence-electron chi connectivity index (χ0n) is 15.6. The molecule has 0 spiro atoms. The SMILES string of the molecule is CCOc1cccc2sc(=NC(=O)c3ccc(OC)cc3)n(CCOC)c12. The summed E-state index contributed by atoms with van der Waals surface area (Å²) in [5.74, 6) is 1.18. The van der Waals surface area contributed by atoms with E-state index in [0.29, 0.717) is 35.9 Å². The lowest BCUT2D eigenvalue weighted by Gasteiger charge is -2.09. The van der Waals surface area contributed by atoms with Gasteiger partial charge in [-0.3, -0.25) is 4.79 Å². The van der Waals surface area contributed by atoms with Gasteiger partial charge < -0.3 is 18.8 Å². The van der Waals surface area contributed by atoms with Gasteiger partial charge in [0.2, 0.25) is 0 Å². The number of aromatic nitrogens is 1. The van der Waals surface area contributed by atoms with Crippen LogP contribution in [0, 0.1) is 0 Å². The quantitative estimate of drug-likeness (QED) is 0.624. The van der Waals surface area contributed by atoms with Crippen LogP contribution in [0.25, 0.3) is 10.2 Å². The number of carbonyl (C=O) groups is 1. The maximum absolute atomic E-state index is 12.7. The summed E-state index contributed by atoms with van der Waals surface area (Å²) in [6, 6.07) is 12.8. The summed E-state index contributed by atoms with van der Waals surface area (Å²) in [5, 5.41) is 0. The van der Waals surface area contributed by atoms with Crippen molar-refractivity contribution in [3.05, 3.63) is 52.8 Å². The van der Waals surface area contributed by atoms with E-state index >= 15 is 0 Å². The van der Waals surface area contributed by atoms with Gasteiger partial charge in [-0.15, -0.1) is 0 Å². The minimum absolute atomic E-state index is 0.298. The second-order valence-electron chi connectivity index (χ2n) is 5.71. The first kappa shape index (κ1) is 19.1. The van der Waals surface area contributed by atoms with Crippen molar-refractivity contribution in [2.75, 3.05) is 27.4 Å². The van der Waals surface area contributed by atoms with E-state index in [1.807, 2.05) is 29.7 Å². The van der Waals surface area contributed by atoms with E-state index in [1.165, 1.54) is 11.3 Å². The molecule has 1 heterocycles. The lowest BCUT2D eigenvalue weighted by Crippen LogP contribution is -2.19. The van der Waals surface area contributed by atoms with Crippen LogP contribution in [0.4, 0.5) is 0 Å². The van der Waals surface area contributed by atoms with Crippen LogP contribution in [0.15, 0.2) is 47.5 Å². The predicted octanol–water partition coefficient (Wildman–Crippen LogP) is 3.50. The number of carbonyl (C=O) groups excluding carboxylic acids is 1. The molecule has 0 aliphatic heterocycles. The summed E-state index contributed by atoms with van der Waals surface area (Å²) in [6.45, 7) is 3.60. The van der Waals surface area contributed by atoms with E-state index in [1.54, 1.807) is 38.5 Å². The fourth-order valence-corrected chi connectivity index (χ4v) is 3.80. The number of methoxy groups -OCH3 is 2. The topological polar surface area (TPSA) is 62.0 Å². The summed E-state index contributed by atoms with van der Waals surface area (Å²) >= 11 is 1.46. The Balaban J connectivity index is 2.09. The zero-order chi connectivity index (χ0) is 19.2. The largest absolute Gasteiger partial charge is 0.497 e. The number of thiazole rings is 1. The standard InChI is InChI=1S/C20H22N2O4S/c1-4-26-16-6-5-7-17-18(16)22(12-13-24-2)20(27-17)21-19(23)14-8-10-15(25-3)11-9-14/h5-11H,4,12-13H2,1-3H3. The Morgan fingerprint density at radius 1 is 1.15 bits per heavy atom. The van der Waals surface area contributed by atoms with Crippen LogP contribution in [-0.2, 0) is 11.3 Å². The second-order valence-corrected chi connectivity index (χ2v) is 6.72. The van der Waals surface area contributed by atoms with Crippen molar-refractivity contribution in [3.63, 3.8) is 0 Å². The van der Waals surface area contributed by atoms with Gasteiger partial charge in [0.05, 0.1) is 25.0 Å². The van der Waals surface area contributed by atoms with Crippen LogP contribution in [0.2, 0.25) is 0 Å². The first-order chi connectivity index (χ1) is 13.2. The summed E-state index contributed by atoms with van der Waals surface area (Å²) in [5.41, 5.74) is 1.44. The maximum atomic E-state index is 12.7. The van der Waals surface area contributed by atoms with Crippen molar-refractivity contribution >= 4 is 27.5 Å². The third-order valence-electron chi connectivity index (χ3n) is 4.02. The highest BCUT2D eigenvalue weighted by Gasteiger charge is 2.13. The maximum Gasteiger partial charge on any atom is 0.279 e. The van der Waals surface area contributed by atoms with Crippen molar-refractivity contribution in [2.24, 2.45) is 4.99 Å². The number of para-hydroxylation sites is 1. The minimum Gasteiger partial charge on any atom is -0.497 e. The highest BCUT2D eigenvalue weighted by atomic mass is 32.1. The van der Waals surface area contributed by atoms with Gasteiger partial charge in [0.1, 0.15) is 17.0 Å². The third-order valence-corrected chi connectivity index (χ3v) is 5.06. The number of hydrogen-bond acceptors (Lipinski definition) is 5. The zero-order valence-corrected chi connectivity index (χ0v) is 16.4. The molecule has 0 N–H and O–H groups in total. The van der Waals surface area contributed by atoms with Gasteiger partial charge in [-0.2, -0.15) is 4.99 Å². The molecular weight excluding hydrogens is 364 g/mol. The Labute approximate surface area is 161 Å². The molecule has 7 heteroatoms. The van der Waals surface area contributed by atoms with E-state index in [2.05, 4.69) is 4.99 Å². The number of fused-ring (bicyclic) bond motifs is 1. The first-order valence-corrected chi connectivity index (χ1v) is 9.46. The van der Waals surface area contributed by atoms with Gasteiger partial charge in [0, 0.05) is 19.2 Å². The Morgan fingerprint density at radius 3 is 2.59 bits per heavy atom. The van der Waals surface area contributed by atoms with E-state index in [4.69, 9.17) is 14.2 Å². The Bertz CT molecular complexity index is 989. The van der Waals surface area contributed by atoms with Gasteiger partial charge in [-0.1, -0.05) is 17.4 Å². The summed E-state index contributed by atoms with van der Waals surface area (Å²) in [4.78, 5) is 17.6. The highest BCUT2D eigenvalue weighted by Crippen LogP contribution is 2.27. The Morgan fingerprint density at radius 2 is 1.93 bits per heavy atom. The van der Waals surface area contributed by atoms with Gasteiger partial charge in [-0.05, 0) is 43.3 Å². The molecule has 0 radical (unpaired) electrons. The number of rotatable bonds is 7. The van der Waals surface area contributed by atoms with Crippen molar-refractivity contribution in [1.82, 2.24) is 4.57 Å². The van der Waals surface area contributed by atoms with Crippen LogP contribution in [0.3, 0.4) is 0 Å². The molecule has 3 aromatic rings. The molecule has 0 saturated carbocycles. The van der Waals surface area contributed by atoms with Crippen molar-refractivity contribution in [2.45, 2.75) is 13.5 Å². The molecule has 0 aliphatic carbocycles. The Hall–Kier alpha value is -2.64. The minimum atomic E-state index is -0.298. The van der Waals surface area contributed by atoms with Crippen molar-refractivity contribution in [1.29, 1.82) is 0 Å². The van der Waals surface area contributed by atoms with Crippen molar-refractivity contribution in [3.8, 4) is 11.5 Å². The second kappa shape index (κ2) is 8.83. The molecule has 1 amide bonds. The fourth-order valence-electron chi connectivity index (χ4n) is 2.73. The molecule has 2 aromatic carbocycles. The number of benzene rings is 2. The predicted molar refractivity (Wildman–Crippen MR) is 106 cm³/mol. The molecule has 0 unspecified atom stereocenters. The van der Waals surface area contributed by atoms with Gasteiger partial charge in [0.25, 0.3) is 5.91 Å². The third kappa shape index (κ3) is 4.20. The molecule has 0 fully saturated rings. The number of hydrogen-bond donors (Lipinski definition) is 0. The van der Waals surface area contributed by atoms with Crippen LogP contribution in [0.5, 0.6) is 11.5 Å². The van der Waals surface area contributed by atoms with Gasteiger partial charge in [-0.25, -0.2) is 0 Å². The van der Waals surface area contributed by atoms with Crippen molar-refractivity contribution < 1.29 is 19.0 Å². The van der Waals surface area contributed by atoms with E-state index in [9.17, 15) is 4.79 Å². The summed E-state index contributed by atoms with van der Waals surface area (Å²) in [6.07, 6.45) is 0. The van der Waals surface area contributed by atoms with Gasteiger partial charge in [0.15, 0.2) is 4.80 Å². The lowest BCUT2D eigenvalue weighted by molar-refractivity contribution is 0.0997. The number of ether oxygens (including phenoxy) is 3. The molecule has 6 nitrogen and oxygen atoms in total. The molecule has 3 rings (SSSR count). The summed E-state index contributed by atoms with van der Waals surface area (Å²) in [7, 11) is 3.24. The molecule has 1 aromatic heterocycles. The molecule has 0 saturated heterocycles. The van der Waals surface area contributed by atoms with E-state index < -0.39 is 0 Å². The number of amides is 1. The van der Waals surface area contributed by atoms with Crippen LogP contribution in [0.1, 0.15) is 17.3 Å². The van der Waals surface area contributed by atoms with E-state index in [-0.39, 0.29) is 5.91 Å². The van der Waals surface area contributed by atoms with Crippen LogP contribution < -0.4 is 14.3 Å². The molecule has 0 atom stereocenters. The highest BCUT2D eigenvalue weighted by molar-refractivity contribution is 7.16. The molecule has 0 aliphatic rings. The average molecular weight is 386 g/mol. The monoisotopic (exact) mass is 386 g/mol. The van der Waals surface area contributed by atoms with E-state index in [0.717, 1.165) is 16.0 Å². The molecule has 27 heavy (non-hydrogen) atoms. The molecular formula is C20H22N2O4S. The van der Waals surface area contributed by atoms with Crippen LogP contribution in [-0.4, -0.2) is 37.9 Å². The summed E-state index contributed by atoms with van der Waals surface area (Å²) < 4.78 is 19.1. The smallest absolute Gasteiger partial charge is 0.279 e. The average Bonchev–Trinajstić information content (AvgIpc) is 3.04. The number of nitrogens with zero attached hydrogens (tertiary/aromatic N) is 2. The molecule has 0 bridgehead atoms. The fraction of sp³-hybridized carbons (Fsp3) is 0.300. The Kier molecular flexibility index (Phi) is 6.26. The normalized spacial score (nSPS) is 11.7. The van der Waals surface area contributed by atoms with Crippen LogP contribution >= 0.6 is 11.3 Å². The van der Waals surface area contributed by atoms with Gasteiger partial charge >= 0.3 is 0 Å². The molecule has 142 valence electrons. The first-order valence-electron chi connectivity index (χ1n) is 8.65.